The predicted molar refractivity (Wildman–Crippen MR) is 204 cm³/mol. The van der Waals surface area contributed by atoms with Gasteiger partial charge in [-0.2, -0.15) is 0 Å². The summed E-state index contributed by atoms with van der Waals surface area (Å²) in [6.07, 6.45) is -0.974. The predicted octanol–water partition coefficient (Wildman–Crippen LogP) is 8.32. The minimum Gasteiger partial charge on any atom is -0.497 e. The summed E-state index contributed by atoms with van der Waals surface area (Å²) in [7, 11) is -3.23. The van der Waals surface area contributed by atoms with E-state index in [0.29, 0.717) is 0 Å². The van der Waals surface area contributed by atoms with Crippen molar-refractivity contribution in [2.24, 2.45) is 5.92 Å². The van der Waals surface area contributed by atoms with Gasteiger partial charge in [0.25, 0.3) is 9.70 Å². The molecule has 1 aromatic carbocycles. The summed E-state index contributed by atoms with van der Waals surface area (Å²) in [4.78, 5) is 13.8. The van der Waals surface area contributed by atoms with Gasteiger partial charge in [0.1, 0.15) is 23.6 Å². The van der Waals surface area contributed by atoms with E-state index in [1.807, 2.05) is 38.1 Å². The molecule has 284 valence electrons. The quantitative estimate of drug-likeness (QED) is 0.0978. The normalized spacial score (nSPS) is 31.6. The van der Waals surface area contributed by atoms with Gasteiger partial charge in [-0.1, -0.05) is 94.6 Å². The average molecular weight is 795 g/mol. The van der Waals surface area contributed by atoms with Crippen LogP contribution in [0.25, 0.3) is 0 Å². The van der Waals surface area contributed by atoms with E-state index >= 15 is 0 Å². The number of ether oxygens (including phenoxy) is 5. The van der Waals surface area contributed by atoms with Crippen molar-refractivity contribution in [3.8, 4) is 5.75 Å². The Balaban J connectivity index is 1.95. The summed E-state index contributed by atoms with van der Waals surface area (Å²) < 4.78 is 44.1. The number of rotatable bonds is 12. The number of hydrogen-bond donors (Lipinski definition) is 1. The highest BCUT2D eigenvalue weighted by Gasteiger charge is 2.79. The third kappa shape index (κ3) is 8.33. The van der Waals surface area contributed by atoms with Gasteiger partial charge in [0.15, 0.2) is 22.4 Å². The number of carbonyl (C=O) groups excluding carboxylic acids is 1. The van der Waals surface area contributed by atoms with Crippen molar-refractivity contribution in [3.05, 3.63) is 42.5 Å². The first-order chi connectivity index (χ1) is 22.7. The highest BCUT2D eigenvalue weighted by molar-refractivity contribution is 6.76. The van der Waals surface area contributed by atoms with Gasteiger partial charge in [-0.3, -0.25) is 4.79 Å². The molecule has 3 fully saturated rings. The van der Waals surface area contributed by atoms with Gasteiger partial charge in [-0.15, -0.1) is 6.58 Å². The van der Waals surface area contributed by atoms with Crippen LogP contribution in [0.15, 0.2) is 36.9 Å². The zero-order valence-electron chi connectivity index (χ0n) is 32.0. The number of amides is 1. The molecule has 2 heterocycles. The van der Waals surface area contributed by atoms with Gasteiger partial charge in [-0.05, 0) is 67.8 Å². The van der Waals surface area contributed by atoms with Crippen molar-refractivity contribution in [1.29, 1.82) is 0 Å². The fraction of sp³-hybridized carbons (Fsp3) is 0.750. The summed E-state index contributed by atoms with van der Waals surface area (Å²) in [5, 5.41) is 2.86. The van der Waals surface area contributed by atoms with Crippen LogP contribution in [-0.2, 0) is 39.2 Å². The van der Waals surface area contributed by atoms with Gasteiger partial charge in [0.05, 0.1) is 44.7 Å². The number of benzene rings is 1. The van der Waals surface area contributed by atoms with Gasteiger partial charge in [-0.25, -0.2) is 0 Å². The summed E-state index contributed by atoms with van der Waals surface area (Å²) in [5.74, 6) is -1.69. The summed E-state index contributed by atoms with van der Waals surface area (Å²) in [6.45, 7) is 30.5. The minimum absolute atomic E-state index is 0.0613. The van der Waals surface area contributed by atoms with E-state index in [1.54, 1.807) is 13.2 Å². The third-order valence-corrected chi connectivity index (χ3v) is 21.0. The number of epoxide rings is 1. The van der Waals surface area contributed by atoms with E-state index in [2.05, 4.69) is 79.6 Å². The Morgan fingerprint density at radius 1 is 0.980 bits per heavy atom. The van der Waals surface area contributed by atoms with Crippen LogP contribution in [0.1, 0.15) is 61.0 Å². The van der Waals surface area contributed by atoms with Gasteiger partial charge in [0, 0.05) is 5.92 Å². The Hall–Kier alpha value is -0.706. The number of hydrogen-bond acceptors (Lipinski definition) is 8. The SMILES string of the molecule is C=C[C@@]1(NC(=O)C(Cl)(Cl)Cl)[C@H]([C@H]2COC(C)(C)O2)[C@H](OCc2ccc(OC)cc2)[C@]2(CO[Si](C)(C)C(C)(C)C)O[C@@H]2[C@H]1O[Si](C)(C)C(C)(C)C. The molecule has 0 unspecified atom stereocenters. The van der Waals surface area contributed by atoms with E-state index in [-0.39, 0.29) is 29.9 Å². The maximum absolute atomic E-state index is 13.8. The molecule has 2 saturated heterocycles. The lowest BCUT2D eigenvalue weighted by Crippen LogP contribution is -2.75. The molecule has 1 aromatic rings. The van der Waals surface area contributed by atoms with Crippen LogP contribution in [0.3, 0.4) is 0 Å². The number of carbonyl (C=O) groups is 1. The molecule has 0 radical (unpaired) electrons. The fourth-order valence-corrected chi connectivity index (χ4v) is 8.85. The molecule has 1 N–H and O–H groups in total. The van der Waals surface area contributed by atoms with Crippen LogP contribution in [0, 0.1) is 5.92 Å². The van der Waals surface area contributed by atoms with Crippen LogP contribution in [0.4, 0.5) is 0 Å². The Kier molecular flexibility index (Phi) is 11.9. The number of nitrogens with one attached hydrogen (secondary N) is 1. The zero-order chi connectivity index (χ0) is 37.9. The Morgan fingerprint density at radius 3 is 2.02 bits per heavy atom. The van der Waals surface area contributed by atoms with E-state index < -0.39 is 73.6 Å². The van der Waals surface area contributed by atoms with Crippen molar-refractivity contribution in [2.75, 3.05) is 20.3 Å². The van der Waals surface area contributed by atoms with Gasteiger partial charge >= 0.3 is 0 Å². The number of fused-ring (bicyclic) bond motifs is 1. The highest BCUT2D eigenvalue weighted by atomic mass is 35.6. The smallest absolute Gasteiger partial charge is 0.272 e. The lowest BCUT2D eigenvalue weighted by atomic mass is 9.63. The number of alkyl halides is 3. The second-order valence-corrected chi connectivity index (χ2v) is 29.2. The molecule has 0 spiro atoms. The first-order valence-corrected chi connectivity index (χ1v) is 24.2. The maximum atomic E-state index is 13.8. The molecule has 50 heavy (non-hydrogen) atoms. The standard InChI is InChI=1S/C36H58Cl3NO8Si2/c1-15-34(40-30(41)36(37,38)39)26(25-21-44-33(8,9)46-25)27(43-20-23-16-18-24(42-10)19-17-23)35(22-45-49(11,12)31(2,3)4)29(47-35)28(34)48-50(13,14)32(5,6)7/h15-19,25-29H,1,20-22H2,2-14H3,(H,40,41)/t25-,26-,27+,28-,29-,34-,35+/m1/s1. The molecule has 7 atom stereocenters. The lowest BCUT2D eigenvalue weighted by molar-refractivity contribution is -0.180. The van der Waals surface area contributed by atoms with Crippen LogP contribution in [0.5, 0.6) is 5.75 Å². The van der Waals surface area contributed by atoms with E-state index in [0.717, 1.165) is 11.3 Å². The second kappa shape index (κ2) is 14.2. The van der Waals surface area contributed by atoms with Crippen molar-refractivity contribution in [1.82, 2.24) is 5.32 Å². The topological polar surface area (TPSA) is 97.0 Å². The van der Waals surface area contributed by atoms with Crippen molar-refractivity contribution in [2.45, 2.75) is 143 Å². The van der Waals surface area contributed by atoms with Crippen LogP contribution in [0.2, 0.25) is 36.3 Å². The van der Waals surface area contributed by atoms with Crippen molar-refractivity contribution in [3.63, 3.8) is 0 Å². The molecule has 14 heteroatoms. The second-order valence-electron chi connectivity index (χ2n) is 17.4. The maximum Gasteiger partial charge on any atom is 0.272 e. The molecule has 1 amide bonds. The summed E-state index contributed by atoms with van der Waals surface area (Å²) >= 11 is 18.8. The van der Waals surface area contributed by atoms with E-state index in [9.17, 15) is 4.79 Å². The summed E-state index contributed by atoms with van der Waals surface area (Å²) in [5.41, 5.74) is -1.44. The van der Waals surface area contributed by atoms with Gasteiger partial charge in [0.2, 0.25) is 0 Å². The third-order valence-electron chi connectivity index (χ3n) is 11.5. The van der Waals surface area contributed by atoms with Crippen LogP contribution < -0.4 is 10.1 Å². The Morgan fingerprint density at radius 2 is 1.56 bits per heavy atom. The molecule has 2 aliphatic heterocycles. The largest absolute Gasteiger partial charge is 0.497 e. The summed E-state index contributed by atoms with van der Waals surface area (Å²) in [6, 6.07) is 7.68. The van der Waals surface area contributed by atoms with E-state index in [1.165, 1.54) is 0 Å². The minimum atomic E-state index is -2.57. The average Bonchev–Trinajstić information content (AvgIpc) is 3.62. The molecule has 9 nitrogen and oxygen atoms in total. The molecule has 1 saturated carbocycles. The fourth-order valence-electron chi connectivity index (χ4n) is 6.38. The highest BCUT2D eigenvalue weighted by Crippen LogP contribution is 2.60. The number of halogens is 3. The molecule has 1 aliphatic carbocycles. The molecular formula is C36H58Cl3NO8Si2. The molecule has 4 rings (SSSR count). The first-order valence-electron chi connectivity index (χ1n) is 17.3. The van der Waals surface area contributed by atoms with Crippen LogP contribution >= 0.6 is 34.8 Å². The van der Waals surface area contributed by atoms with Gasteiger partial charge < -0.3 is 37.9 Å². The monoisotopic (exact) mass is 793 g/mol. The number of methoxy groups -OCH3 is 1. The molecule has 0 bridgehead atoms. The zero-order valence-corrected chi connectivity index (χ0v) is 36.3. The lowest BCUT2D eigenvalue weighted by Gasteiger charge is -2.55. The van der Waals surface area contributed by atoms with Crippen molar-refractivity contribution >= 4 is 57.3 Å². The molecular weight excluding hydrogens is 737 g/mol. The van der Waals surface area contributed by atoms with Crippen LogP contribution in [-0.4, -0.2) is 88.0 Å². The van der Waals surface area contributed by atoms with E-state index in [4.69, 9.17) is 67.3 Å². The Bertz CT molecular complexity index is 1390. The Labute approximate surface area is 316 Å². The molecule has 0 aromatic heterocycles. The first kappa shape index (κ1) is 42.0. The van der Waals surface area contributed by atoms with Crippen molar-refractivity contribution < 1.29 is 37.3 Å². The molecule has 3 aliphatic rings.